The lowest BCUT2D eigenvalue weighted by Crippen LogP contribution is -2.37. The van der Waals surface area contributed by atoms with Gasteiger partial charge in [0.1, 0.15) is 17.1 Å². The van der Waals surface area contributed by atoms with Crippen LogP contribution in [0.1, 0.15) is 22.4 Å². The number of hydrogen-bond acceptors (Lipinski definition) is 4. The molecule has 1 aliphatic heterocycles. The lowest BCUT2D eigenvalue weighted by molar-refractivity contribution is -0.131. The smallest absolute Gasteiger partial charge is 0.340 e. The first-order valence-electron chi connectivity index (χ1n) is 10.1. The summed E-state index contributed by atoms with van der Waals surface area (Å²) in [6.07, 6.45) is 0.616. The molecule has 0 atom stereocenters. The van der Waals surface area contributed by atoms with Gasteiger partial charge >= 0.3 is 5.63 Å². The number of carbonyl (C=O) groups excluding carboxylic acids is 1. The molecule has 6 nitrogen and oxygen atoms in total. The number of H-pyrrole nitrogens is 1. The summed E-state index contributed by atoms with van der Waals surface area (Å²) < 4.78 is 24.4. The summed E-state index contributed by atoms with van der Waals surface area (Å²) in [4.78, 5) is 30.7. The second kappa shape index (κ2) is 7.27. The van der Waals surface area contributed by atoms with Crippen molar-refractivity contribution in [2.24, 2.45) is 0 Å². The van der Waals surface area contributed by atoms with Crippen LogP contribution in [0.2, 0.25) is 0 Å². The van der Waals surface area contributed by atoms with Crippen molar-refractivity contribution in [2.75, 3.05) is 13.7 Å². The fraction of sp³-hybridized carbons (Fsp3) is 0.250. The van der Waals surface area contributed by atoms with E-state index >= 15 is 0 Å². The van der Waals surface area contributed by atoms with Crippen LogP contribution in [0.5, 0.6) is 5.75 Å². The van der Waals surface area contributed by atoms with E-state index in [1.165, 1.54) is 12.1 Å². The number of methoxy groups -OCH3 is 1. The van der Waals surface area contributed by atoms with E-state index in [2.05, 4.69) is 4.98 Å². The number of amides is 1. The summed E-state index contributed by atoms with van der Waals surface area (Å²) in [5.41, 5.74) is 3.83. The quantitative estimate of drug-likeness (QED) is 0.511. The Balaban J connectivity index is 1.44. The number of aromatic nitrogens is 1. The first-order valence-corrected chi connectivity index (χ1v) is 10.1. The average Bonchev–Trinajstić information content (AvgIpc) is 3.13. The maximum absolute atomic E-state index is 13.7. The number of nitrogens with zero attached hydrogens (tertiary/aromatic N) is 1. The summed E-state index contributed by atoms with van der Waals surface area (Å²) in [5, 5.41) is 1.57. The van der Waals surface area contributed by atoms with Crippen LogP contribution in [0.15, 0.2) is 45.6 Å². The zero-order valence-corrected chi connectivity index (χ0v) is 17.3. The van der Waals surface area contributed by atoms with Crippen LogP contribution in [0.3, 0.4) is 0 Å². The van der Waals surface area contributed by atoms with Crippen LogP contribution in [0, 0.1) is 12.7 Å². The predicted octanol–water partition coefficient (Wildman–Crippen LogP) is 3.86. The van der Waals surface area contributed by atoms with Gasteiger partial charge in [-0.05, 0) is 42.8 Å². The molecule has 2 aromatic carbocycles. The van der Waals surface area contributed by atoms with Crippen molar-refractivity contribution in [2.45, 2.75) is 26.3 Å². The molecular weight excluding hydrogens is 399 g/mol. The average molecular weight is 420 g/mol. The molecule has 7 heteroatoms. The van der Waals surface area contributed by atoms with Crippen molar-refractivity contribution in [3.63, 3.8) is 0 Å². The van der Waals surface area contributed by atoms with E-state index in [0.717, 1.165) is 33.1 Å². The number of fused-ring (bicyclic) bond motifs is 4. The van der Waals surface area contributed by atoms with Crippen molar-refractivity contribution in [3.05, 3.63) is 75.0 Å². The highest BCUT2D eigenvalue weighted by Crippen LogP contribution is 2.29. The fourth-order valence-electron chi connectivity index (χ4n) is 4.37. The molecule has 0 aliphatic carbocycles. The molecule has 4 aromatic rings. The number of hydrogen-bond donors (Lipinski definition) is 1. The van der Waals surface area contributed by atoms with Gasteiger partial charge < -0.3 is 19.0 Å². The molecular formula is C24H21FN2O4. The Bertz CT molecular complexity index is 1400. The van der Waals surface area contributed by atoms with Gasteiger partial charge in [-0.25, -0.2) is 9.18 Å². The minimum Gasteiger partial charge on any atom is -0.497 e. The van der Waals surface area contributed by atoms with Crippen LogP contribution in [-0.4, -0.2) is 29.4 Å². The molecule has 0 unspecified atom stereocenters. The zero-order chi connectivity index (χ0) is 21.7. The molecule has 1 aliphatic rings. The second-order valence-electron chi connectivity index (χ2n) is 7.87. The molecule has 0 radical (unpaired) electrons. The van der Waals surface area contributed by atoms with Gasteiger partial charge in [0.25, 0.3) is 0 Å². The van der Waals surface area contributed by atoms with E-state index < -0.39 is 5.63 Å². The number of aryl methyl sites for hydroxylation is 1. The first kappa shape index (κ1) is 19.4. The third kappa shape index (κ3) is 3.26. The minimum absolute atomic E-state index is 0.0395. The number of benzene rings is 2. The van der Waals surface area contributed by atoms with E-state index in [9.17, 15) is 14.0 Å². The Morgan fingerprint density at radius 3 is 2.87 bits per heavy atom. The molecule has 3 heterocycles. The fourth-order valence-corrected chi connectivity index (χ4v) is 4.37. The Morgan fingerprint density at radius 2 is 2.06 bits per heavy atom. The number of halogens is 1. The van der Waals surface area contributed by atoms with Crippen LogP contribution in [0.25, 0.3) is 21.9 Å². The van der Waals surface area contributed by atoms with Crippen molar-refractivity contribution in [1.29, 1.82) is 0 Å². The standard InChI is InChI=1S/C24H21FN2O4/c1-13-16-5-4-15(30-2)10-22(16)31-24(29)17(13)11-23(28)27-8-7-21-19(12-27)18-9-14(25)3-6-20(18)26-21/h3-6,9-10,26H,7-8,11-12H2,1-2H3. The molecule has 158 valence electrons. The molecule has 2 aromatic heterocycles. The summed E-state index contributed by atoms with van der Waals surface area (Å²) in [5.74, 6) is 0.136. The highest BCUT2D eigenvalue weighted by atomic mass is 19.1. The van der Waals surface area contributed by atoms with Crippen molar-refractivity contribution < 1.29 is 18.3 Å². The molecule has 1 amide bonds. The minimum atomic E-state index is -0.515. The van der Waals surface area contributed by atoms with Gasteiger partial charge in [0, 0.05) is 53.1 Å². The number of rotatable bonds is 3. The Labute approximate surface area is 177 Å². The van der Waals surface area contributed by atoms with E-state index in [4.69, 9.17) is 9.15 Å². The highest BCUT2D eigenvalue weighted by Gasteiger charge is 2.26. The maximum atomic E-state index is 13.7. The number of aromatic amines is 1. The number of carbonyl (C=O) groups is 1. The predicted molar refractivity (Wildman–Crippen MR) is 115 cm³/mol. The third-order valence-electron chi connectivity index (χ3n) is 6.11. The Kier molecular flexibility index (Phi) is 4.54. The largest absolute Gasteiger partial charge is 0.497 e. The molecule has 1 N–H and O–H groups in total. The lowest BCUT2D eigenvalue weighted by Gasteiger charge is -2.27. The summed E-state index contributed by atoms with van der Waals surface area (Å²) in [7, 11) is 1.55. The van der Waals surface area contributed by atoms with Crippen molar-refractivity contribution >= 4 is 27.8 Å². The lowest BCUT2D eigenvalue weighted by atomic mass is 10.0. The van der Waals surface area contributed by atoms with Gasteiger partial charge in [-0.15, -0.1) is 0 Å². The third-order valence-corrected chi connectivity index (χ3v) is 6.11. The molecule has 31 heavy (non-hydrogen) atoms. The van der Waals surface area contributed by atoms with Crippen LogP contribution in [-0.2, 0) is 24.2 Å². The van der Waals surface area contributed by atoms with Gasteiger partial charge in [0.2, 0.25) is 5.91 Å². The topological polar surface area (TPSA) is 75.5 Å². The number of ether oxygens (including phenoxy) is 1. The Morgan fingerprint density at radius 1 is 1.23 bits per heavy atom. The summed E-state index contributed by atoms with van der Waals surface area (Å²) >= 11 is 0. The van der Waals surface area contributed by atoms with E-state index in [-0.39, 0.29) is 18.1 Å². The highest BCUT2D eigenvalue weighted by molar-refractivity contribution is 5.88. The van der Waals surface area contributed by atoms with Gasteiger partial charge in [-0.3, -0.25) is 4.79 Å². The van der Waals surface area contributed by atoms with Crippen molar-refractivity contribution in [3.8, 4) is 5.75 Å². The molecule has 0 saturated heterocycles. The molecule has 0 spiro atoms. The van der Waals surface area contributed by atoms with Gasteiger partial charge in [-0.1, -0.05) is 0 Å². The molecule has 0 bridgehead atoms. The van der Waals surface area contributed by atoms with E-state index in [0.29, 0.717) is 36.4 Å². The van der Waals surface area contributed by atoms with Gasteiger partial charge in [-0.2, -0.15) is 0 Å². The molecule has 5 rings (SSSR count). The first-order chi connectivity index (χ1) is 14.9. The summed E-state index contributed by atoms with van der Waals surface area (Å²) in [6, 6.07) is 9.92. The van der Waals surface area contributed by atoms with E-state index in [1.54, 1.807) is 30.2 Å². The molecule has 0 fully saturated rings. The van der Waals surface area contributed by atoms with E-state index in [1.807, 2.05) is 13.0 Å². The van der Waals surface area contributed by atoms with Gasteiger partial charge in [0.15, 0.2) is 0 Å². The van der Waals surface area contributed by atoms with Crippen LogP contribution in [0.4, 0.5) is 4.39 Å². The SMILES string of the molecule is COc1ccc2c(C)c(CC(=O)N3CCc4[nH]c5ccc(F)cc5c4C3)c(=O)oc2c1. The summed E-state index contributed by atoms with van der Waals surface area (Å²) in [6.45, 7) is 2.74. The number of nitrogens with one attached hydrogen (secondary N) is 1. The maximum Gasteiger partial charge on any atom is 0.340 e. The Hall–Kier alpha value is -3.61. The normalized spacial score (nSPS) is 13.6. The second-order valence-corrected chi connectivity index (χ2v) is 7.87. The van der Waals surface area contributed by atoms with Crippen LogP contribution < -0.4 is 10.4 Å². The van der Waals surface area contributed by atoms with Crippen LogP contribution >= 0.6 is 0 Å². The monoisotopic (exact) mass is 420 g/mol. The van der Waals surface area contributed by atoms with Crippen molar-refractivity contribution in [1.82, 2.24) is 9.88 Å². The zero-order valence-electron chi connectivity index (χ0n) is 17.3. The molecule has 0 saturated carbocycles. The van der Waals surface area contributed by atoms with Gasteiger partial charge in [0.05, 0.1) is 19.1 Å².